The molecule has 0 bridgehead atoms. The Labute approximate surface area is 130 Å². The van der Waals surface area contributed by atoms with Gasteiger partial charge in [-0.3, -0.25) is 14.6 Å². The highest BCUT2D eigenvalue weighted by Gasteiger charge is 2.33. The van der Waals surface area contributed by atoms with Crippen molar-refractivity contribution in [1.82, 2.24) is 10.0 Å². The maximum Gasteiger partial charge on any atom is 0.333 e. The van der Waals surface area contributed by atoms with Crippen molar-refractivity contribution in [3.8, 4) is 0 Å². The van der Waals surface area contributed by atoms with Crippen LogP contribution in [0, 0.1) is 0 Å². The Kier molecular flexibility index (Phi) is 8.09. The molecule has 7 heteroatoms. The van der Waals surface area contributed by atoms with E-state index in [1.165, 1.54) is 6.20 Å². The number of esters is 1. The lowest BCUT2D eigenvalue weighted by Crippen LogP contribution is -2.48. The third-order valence-corrected chi connectivity index (χ3v) is 2.67. The lowest BCUT2D eigenvalue weighted by molar-refractivity contribution is -0.185. The molecule has 0 aromatic carbocycles. The van der Waals surface area contributed by atoms with Crippen LogP contribution >= 0.6 is 0 Å². The second-order valence-corrected chi connectivity index (χ2v) is 4.19. The summed E-state index contributed by atoms with van der Waals surface area (Å²) in [4.78, 5) is 34.0. The summed E-state index contributed by atoms with van der Waals surface area (Å²) in [7, 11) is 0. The normalized spacial score (nSPS) is 11.8. The molecule has 1 aromatic rings. The molecule has 0 spiro atoms. The largest absolute Gasteiger partial charge is 0.464 e. The van der Waals surface area contributed by atoms with Crippen LogP contribution in [0.3, 0.4) is 0 Å². The minimum Gasteiger partial charge on any atom is -0.464 e. The zero-order valence-corrected chi connectivity index (χ0v) is 13.2. The quantitative estimate of drug-likeness (QED) is 0.507. The molecule has 0 saturated carbocycles. The van der Waals surface area contributed by atoms with E-state index in [0.29, 0.717) is 6.61 Å². The van der Waals surface area contributed by atoms with Gasteiger partial charge in [-0.2, -0.15) is 5.06 Å². The lowest BCUT2D eigenvalue weighted by atomic mass is 10.2. The average Bonchev–Trinajstić information content (AvgIpc) is 2.54. The second kappa shape index (κ2) is 9.86. The van der Waals surface area contributed by atoms with Crippen LogP contribution in [0.5, 0.6) is 0 Å². The Bertz CT molecular complexity index is 466. The average molecular weight is 310 g/mol. The number of hydrogen-bond donors (Lipinski definition) is 0. The number of hydroxylamine groups is 2. The smallest absolute Gasteiger partial charge is 0.333 e. The molecule has 1 amide bonds. The first-order valence-electron chi connectivity index (χ1n) is 7.27. The van der Waals surface area contributed by atoms with Crippen molar-refractivity contribution in [1.29, 1.82) is 0 Å². The van der Waals surface area contributed by atoms with E-state index in [0.717, 1.165) is 5.06 Å². The Balaban J connectivity index is 3.00. The summed E-state index contributed by atoms with van der Waals surface area (Å²) in [5.41, 5.74) is 0.182. The van der Waals surface area contributed by atoms with Gasteiger partial charge in [-0.15, -0.1) is 0 Å². The van der Waals surface area contributed by atoms with Crippen molar-refractivity contribution in [2.75, 3.05) is 26.4 Å². The number of carbonyl (C=O) groups excluding carboxylic acids is 2. The third-order valence-electron chi connectivity index (χ3n) is 2.67. The van der Waals surface area contributed by atoms with Crippen molar-refractivity contribution in [2.45, 2.75) is 26.8 Å². The fourth-order valence-electron chi connectivity index (χ4n) is 1.73. The summed E-state index contributed by atoms with van der Waals surface area (Å²) in [6.45, 7) is 6.05. The van der Waals surface area contributed by atoms with Crippen molar-refractivity contribution in [3.05, 3.63) is 30.1 Å². The second-order valence-electron chi connectivity index (χ2n) is 4.19. The van der Waals surface area contributed by atoms with E-state index in [1.54, 1.807) is 39.0 Å². The predicted molar refractivity (Wildman–Crippen MR) is 78.9 cm³/mol. The Morgan fingerprint density at radius 2 is 1.95 bits per heavy atom. The highest BCUT2D eigenvalue weighted by atomic mass is 16.7. The van der Waals surface area contributed by atoms with Crippen LogP contribution in [-0.4, -0.2) is 54.4 Å². The van der Waals surface area contributed by atoms with Crippen LogP contribution in [0.2, 0.25) is 0 Å². The molecule has 0 fully saturated rings. The molecule has 1 atom stereocenters. The number of hydrogen-bond acceptors (Lipinski definition) is 6. The third kappa shape index (κ3) is 5.09. The maximum absolute atomic E-state index is 12.5. The van der Waals surface area contributed by atoms with E-state index in [-0.39, 0.29) is 25.5 Å². The summed E-state index contributed by atoms with van der Waals surface area (Å²) >= 11 is 0. The van der Waals surface area contributed by atoms with Gasteiger partial charge in [0.05, 0.1) is 19.8 Å². The summed E-state index contributed by atoms with van der Waals surface area (Å²) < 4.78 is 10.3. The molecular formula is C15H22N2O5. The van der Waals surface area contributed by atoms with E-state index in [4.69, 9.17) is 14.3 Å². The zero-order valence-electron chi connectivity index (χ0n) is 13.2. The number of aromatic nitrogens is 1. The highest BCUT2D eigenvalue weighted by Crippen LogP contribution is 2.10. The molecule has 0 aliphatic carbocycles. The van der Waals surface area contributed by atoms with Crippen LogP contribution in [0.25, 0.3) is 0 Å². The van der Waals surface area contributed by atoms with Gasteiger partial charge in [0.15, 0.2) is 6.04 Å². The molecule has 0 saturated heterocycles. The standard InChI is InChI=1S/C15H22N2O5/c1-4-20-11-13(15(19)21-5-2)17(22-6-3)14(18)12-9-7-8-10-16-12/h7-10,13H,4-6,11H2,1-3H3. The van der Waals surface area contributed by atoms with Crippen molar-refractivity contribution < 1.29 is 23.9 Å². The topological polar surface area (TPSA) is 78.0 Å². The molecule has 1 aromatic heterocycles. The molecule has 7 nitrogen and oxygen atoms in total. The minimum absolute atomic E-state index is 0.00604. The molecule has 22 heavy (non-hydrogen) atoms. The summed E-state index contributed by atoms with van der Waals surface area (Å²) in [6, 6.07) is 3.96. The zero-order chi connectivity index (χ0) is 16.4. The van der Waals surface area contributed by atoms with Gasteiger partial charge in [0, 0.05) is 12.8 Å². The van der Waals surface area contributed by atoms with Crippen LogP contribution in [0.4, 0.5) is 0 Å². The molecule has 1 unspecified atom stereocenters. The van der Waals surface area contributed by atoms with Gasteiger partial charge < -0.3 is 9.47 Å². The van der Waals surface area contributed by atoms with Crippen LogP contribution in [0.1, 0.15) is 31.3 Å². The van der Waals surface area contributed by atoms with Crippen LogP contribution < -0.4 is 0 Å². The molecule has 0 N–H and O–H groups in total. The molecule has 1 rings (SSSR count). The first-order valence-corrected chi connectivity index (χ1v) is 7.27. The molecule has 1 heterocycles. The number of nitrogens with zero attached hydrogens (tertiary/aromatic N) is 2. The van der Waals surface area contributed by atoms with Crippen LogP contribution in [0.15, 0.2) is 24.4 Å². The molecule has 0 aliphatic rings. The molecule has 0 radical (unpaired) electrons. The lowest BCUT2D eigenvalue weighted by Gasteiger charge is -2.28. The van der Waals surface area contributed by atoms with Gasteiger partial charge in [0.25, 0.3) is 5.91 Å². The minimum atomic E-state index is -0.977. The number of rotatable bonds is 9. The van der Waals surface area contributed by atoms with Gasteiger partial charge in [-0.1, -0.05) is 6.07 Å². The van der Waals surface area contributed by atoms with Gasteiger partial charge >= 0.3 is 5.97 Å². The van der Waals surface area contributed by atoms with E-state index in [1.807, 2.05) is 0 Å². The number of ether oxygens (including phenoxy) is 2. The van der Waals surface area contributed by atoms with Crippen molar-refractivity contribution in [2.24, 2.45) is 0 Å². The predicted octanol–water partition coefficient (Wildman–Crippen LogP) is 1.44. The van der Waals surface area contributed by atoms with E-state index in [9.17, 15) is 9.59 Å². The Hall–Kier alpha value is -1.99. The maximum atomic E-state index is 12.5. The Morgan fingerprint density at radius 1 is 1.18 bits per heavy atom. The highest BCUT2D eigenvalue weighted by molar-refractivity contribution is 5.94. The number of amides is 1. The Morgan fingerprint density at radius 3 is 2.50 bits per heavy atom. The summed E-state index contributed by atoms with van der Waals surface area (Å²) in [5.74, 6) is -1.09. The molecular weight excluding hydrogens is 288 g/mol. The van der Waals surface area contributed by atoms with Crippen LogP contribution in [-0.2, 0) is 19.1 Å². The molecule has 0 aliphatic heterocycles. The van der Waals surface area contributed by atoms with E-state index < -0.39 is 17.9 Å². The van der Waals surface area contributed by atoms with Crippen molar-refractivity contribution in [3.63, 3.8) is 0 Å². The number of pyridine rings is 1. The SMILES string of the molecule is CCOCC(C(=O)OCC)N(OCC)C(=O)c1ccccn1. The van der Waals surface area contributed by atoms with Crippen molar-refractivity contribution >= 4 is 11.9 Å². The van der Waals surface area contributed by atoms with Gasteiger partial charge in [0.2, 0.25) is 0 Å². The summed E-state index contributed by atoms with van der Waals surface area (Å²) in [6.07, 6.45) is 1.50. The van der Waals surface area contributed by atoms with Gasteiger partial charge in [0.1, 0.15) is 5.69 Å². The van der Waals surface area contributed by atoms with E-state index >= 15 is 0 Å². The first-order chi connectivity index (χ1) is 10.7. The van der Waals surface area contributed by atoms with Gasteiger partial charge in [-0.25, -0.2) is 4.79 Å². The fraction of sp³-hybridized carbons (Fsp3) is 0.533. The van der Waals surface area contributed by atoms with E-state index in [2.05, 4.69) is 4.98 Å². The summed E-state index contributed by atoms with van der Waals surface area (Å²) in [5, 5.41) is 0.982. The first kappa shape index (κ1) is 18.1. The molecule has 122 valence electrons. The monoisotopic (exact) mass is 310 g/mol. The fourth-order valence-corrected chi connectivity index (χ4v) is 1.73. The van der Waals surface area contributed by atoms with Gasteiger partial charge in [-0.05, 0) is 32.9 Å². The number of carbonyl (C=O) groups is 2.